The van der Waals surface area contributed by atoms with Crippen LogP contribution in [-0.2, 0) is 20.9 Å². The molecule has 27 heavy (non-hydrogen) atoms. The minimum atomic E-state index is -0.0550. The van der Waals surface area contributed by atoms with Crippen LogP contribution in [0.15, 0.2) is 24.3 Å². The van der Waals surface area contributed by atoms with Gasteiger partial charge in [0.25, 0.3) is 0 Å². The Morgan fingerprint density at radius 3 is 2.96 bits per heavy atom. The van der Waals surface area contributed by atoms with Crippen LogP contribution >= 0.6 is 23.1 Å². The topological polar surface area (TPSA) is 63.7 Å². The first-order chi connectivity index (χ1) is 13.3. The molecule has 2 saturated heterocycles. The summed E-state index contributed by atoms with van der Waals surface area (Å²) >= 11 is 3.58. The van der Waals surface area contributed by atoms with Crippen molar-refractivity contribution in [2.24, 2.45) is 0 Å². The number of thioether (sulfide) groups is 1. The van der Waals surface area contributed by atoms with E-state index in [1.807, 2.05) is 36.0 Å². The van der Waals surface area contributed by atoms with Gasteiger partial charge in [-0.15, -0.1) is 11.3 Å². The molecular weight excluding hydrogens is 382 g/mol. The lowest BCUT2D eigenvalue weighted by atomic mass is 9.95. The number of nitrogens with zero attached hydrogens (tertiary/aromatic N) is 2. The maximum Gasteiger partial charge on any atom is 0.246 e. The van der Waals surface area contributed by atoms with Crippen molar-refractivity contribution < 1.29 is 14.3 Å². The van der Waals surface area contributed by atoms with Gasteiger partial charge in [0.15, 0.2) is 0 Å². The number of para-hydroxylation sites is 1. The highest BCUT2D eigenvalue weighted by molar-refractivity contribution is 7.99. The van der Waals surface area contributed by atoms with E-state index in [0.717, 1.165) is 59.5 Å². The first-order valence-corrected chi connectivity index (χ1v) is 11.3. The van der Waals surface area contributed by atoms with Gasteiger partial charge in [-0.1, -0.05) is 12.1 Å². The molecule has 0 radical (unpaired) electrons. The number of ether oxygens (including phenoxy) is 2. The summed E-state index contributed by atoms with van der Waals surface area (Å²) in [6, 6.07) is 8.02. The second-order valence-electron chi connectivity index (χ2n) is 6.97. The summed E-state index contributed by atoms with van der Waals surface area (Å²) in [4.78, 5) is 19.3. The van der Waals surface area contributed by atoms with Gasteiger partial charge in [-0.3, -0.25) is 9.69 Å². The van der Waals surface area contributed by atoms with Gasteiger partial charge in [-0.25, -0.2) is 4.98 Å². The number of thiazole rings is 1. The van der Waals surface area contributed by atoms with Gasteiger partial charge in [0, 0.05) is 30.9 Å². The first-order valence-electron chi connectivity index (χ1n) is 9.35. The molecule has 2 aromatic rings. The quantitative estimate of drug-likeness (QED) is 0.759. The Labute approximate surface area is 167 Å². The number of carbonyl (C=O) groups excluding carboxylic acids is 1. The van der Waals surface area contributed by atoms with Crippen molar-refractivity contribution in [2.75, 3.05) is 51.0 Å². The summed E-state index contributed by atoms with van der Waals surface area (Å²) in [6.45, 7) is 4.59. The normalized spacial score (nSPS) is 23.7. The van der Waals surface area contributed by atoms with Crippen molar-refractivity contribution in [3.63, 3.8) is 0 Å². The molecule has 3 heterocycles. The lowest BCUT2D eigenvalue weighted by Gasteiger charge is -2.43. The van der Waals surface area contributed by atoms with Crippen LogP contribution in [0.25, 0.3) is 10.2 Å². The smallest absolute Gasteiger partial charge is 0.246 e. The summed E-state index contributed by atoms with van der Waals surface area (Å²) in [5, 5.41) is 4.00. The Morgan fingerprint density at radius 1 is 1.33 bits per heavy atom. The summed E-state index contributed by atoms with van der Waals surface area (Å²) in [6.07, 6.45) is 1.12. The zero-order chi connectivity index (χ0) is 18.5. The third-order valence-corrected chi connectivity index (χ3v) is 7.42. The van der Waals surface area contributed by atoms with Crippen molar-refractivity contribution >= 4 is 39.2 Å². The highest BCUT2D eigenvalue weighted by atomic mass is 32.2. The van der Waals surface area contributed by atoms with Crippen LogP contribution in [0.3, 0.4) is 0 Å². The van der Waals surface area contributed by atoms with Gasteiger partial charge in [-0.05, 0) is 24.3 Å². The molecule has 0 aliphatic carbocycles. The molecule has 8 heteroatoms. The number of amides is 1. The molecule has 1 aromatic heterocycles. The van der Waals surface area contributed by atoms with Crippen LogP contribution in [0.4, 0.5) is 0 Å². The fourth-order valence-electron chi connectivity index (χ4n) is 3.66. The molecule has 1 aromatic carbocycles. The highest BCUT2D eigenvalue weighted by Gasteiger charge is 2.40. The number of fused-ring (bicyclic) bond motifs is 1. The zero-order valence-corrected chi connectivity index (χ0v) is 16.9. The van der Waals surface area contributed by atoms with Crippen molar-refractivity contribution in [1.82, 2.24) is 15.2 Å². The summed E-state index contributed by atoms with van der Waals surface area (Å²) in [5.74, 6) is 2.17. The second kappa shape index (κ2) is 8.87. The Balaban J connectivity index is 1.25. The number of nitrogens with one attached hydrogen (secondary N) is 1. The molecule has 0 bridgehead atoms. The van der Waals surface area contributed by atoms with E-state index >= 15 is 0 Å². The third-order valence-electron chi connectivity index (χ3n) is 5.18. The van der Waals surface area contributed by atoms with E-state index < -0.39 is 0 Å². The van der Waals surface area contributed by atoms with Crippen LogP contribution in [0.5, 0.6) is 0 Å². The standard InChI is InChI=1S/C19H25N3O3S2/c23-17(11-25-12-18-21-15-3-1-2-4-16(15)27-18)20-13-19(5-10-26-14-19)22-6-8-24-9-7-22/h1-4H,5-14H2,(H,20,23)/t19-/m1/s1. The molecule has 1 atom stereocenters. The van der Waals surface area contributed by atoms with Crippen LogP contribution in [-0.4, -0.2) is 72.3 Å². The second-order valence-corrected chi connectivity index (χ2v) is 9.19. The monoisotopic (exact) mass is 407 g/mol. The Bertz CT molecular complexity index is 737. The van der Waals surface area contributed by atoms with E-state index in [9.17, 15) is 4.79 Å². The van der Waals surface area contributed by atoms with E-state index in [0.29, 0.717) is 13.2 Å². The average Bonchev–Trinajstić information content (AvgIpc) is 3.34. The average molecular weight is 408 g/mol. The number of morpholine rings is 1. The lowest BCUT2D eigenvalue weighted by molar-refractivity contribution is -0.126. The number of hydrogen-bond donors (Lipinski definition) is 1. The van der Waals surface area contributed by atoms with Gasteiger partial charge in [0.1, 0.15) is 11.6 Å². The summed E-state index contributed by atoms with van der Waals surface area (Å²) < 4.78 is 12.2. The van der Waals surface area contributed by atoms with Crippen LogP contribution in [0, 0.1) is 0 Å². The highest BCUT2D eigenvalue weighted by Crippen LogP contribution is 2.33. The van der Waals surface area contributed by atoms with E-state index in [1.165, 1.54) is 0 Å². The van der Waals surface area contributed by atoms with Gasteiger partial charge in [-0.2, -0.15) is 11.8 Å². The van der Waals surface area contributed by atoms with Crippen molar-refractivity contribution in [1.29, 1.82) is 0 Å². The fraction of sp³-hybridized carbons (Fsp3) is 0.579. The summed E-state index contributed by atoms with van der Waals surface area (Å²) in [7, 11) is 0. The van der Waals surface area contributed by atoms with Gasteiger partial charge in [0.2, 0.25) is 5.91 Å². The molecule has 0 unspecified atom stereocenters. The number of rotatable bonds is 7. The maximum absolute atomic E-state index is 12.3. The van der Waals surface area contributed by atoms with Crippen LogP contribution in [0.2, 0.25) is 0 Å². The Kier molecular flexibility index (Phi) is 6.29. The SMILES string of the molecule is O=C(COCc1nc2ccccc2s1)NC[C@]1(N2CCOCC2)CCSC1. The van der Waals surface area contributed by atoms with E-state index in [-0.39, 0.29) is 18.1 Å². The maximum atomic E-state index is 12.3. The van der Waals surface area contributed by atoms with Gasteiger partial charge >= 0.3 is 0 Å². The molecule has 1 amide bonds. The minimum absolute atomic E-state index is 0.0550. The molecule has 2 aliphatic rings. The Morgan fingerprint density at radius 2 is 2.19 bits per heavy atom. The molecule has 6 nitrogen and oxygen atoms in total. The van der Waals surface area contributed by atoms with Crippen molar-refractivity contribution in [2.45, 2.75) is 18.6 Å². The van der Waals surface area contributed by atoms with E-state index in [1.54, 1.807) is 11.3 Å². The number of aromatic nitrogens is 1. The predicted octanol–water partition coefficient (Wildman–Crippen LogP) is 2.14. The molecule has 0 saturated carbocycles. The predicted molar refractivity (Wildman–Crippen MR) is 109 cm³/mol. The fourth-order valence-corrected chi connectivity index (χ4v) is 6.04. The molecular formula is C19H25N3O3S2. The van der Waals surface area contributed by atoms with E-state index in [2.05, 4.69) is 15.2 Å². The third kappa shape index (κ3) is 4.63. The van der Waals surface area contributed by atoms with Crippen molar-refractivity contribution in [3.05, 3.63) is 29.3 Å². The Hall–Kier alpha value is -1.19. The molecule has 1 N–H and O–H groups in total. The van der Waals surface area contributed by atoms with Crippen molar-refractivity contribution in [3.8, 4) is 0 Å². The van der Waals surface area contributed by atoms with Gasteiger partial charge < -0.3 is 14.8 Å². The van der Waals surface area contributed by atoms with Gasteiger partial charge in [0.05, 0.1) is 30.0 Å². The minimum Gasteiger partial charge on any atom is -0.379 e. The number of hydrogen-bond acceptors (Lipinski definition) is 7. The number of benzene rings is 1. The summed E-state index contributed by atoms with van der Waals surface area (Å²) in [5.41, 5.74) is 1.05. The largest absolute Gasteiger partial charge is 0.379 e. The molecule has 2 aliphatic heterocycles. The molecule has 4 rings (SSSR count). The molecule has 0 spiro atoms. The number of carbonyl (C=O) groups is 1. The lowest BCUT2D eigenvalue weighted by Crippen LogP contribution is -2.59. The molecule has 146 valence electrons. The zero-order valence-electron chi connectivity index (χ0n) is 15.3. The van der Waals surface area contributed by atoms with E-state index in [4.69, 9.17) is 9.47 Å². The molecule has 2 fully saturated rings. The first kappa shape index (κ1) is 19.1. The van der Waals surface area contributed by atoms with Crippen LogP contribution in [0.1, 0.15) is 11.4 Å². The van der Waals surface area contributed by atoms with Crippen LogP contribution < -0.4 is 5.32 Å².